The summed E-state index contributed by atoms with van der Waals surface area (Å²) in [5, 5.41) is 16.5. The van der Waals surface area contributed by atoms with E-state index < -0.39 is 6.10 Å². The number of pyridine rings is 1. The Balaban J connectivity index is 1.27. The van der Waals surface area contributed by atoms with E-state index >= 15 is 0 Å². The van der Waals surface area contributed by atoms with Crippen molar-refractivity contribution in [2.45, 2.75) is 18.9 Å². The first kappa shape index (κ1) is 17.8. The van der Waals surface area contributed by atoms with E-state index in [1.807, 2.05) is 54.6 Å². The van der Waals surface area contributed by atoms with E-state index in [9.17, 15) is 9.90 Å². The molecule has 0 spiro atoms. The topological polar surface area (TPSA) is 79.5 Å². The Morgan fingerprint density at radius 3 is 2.83 bits per heavy atom. The summed E-state index contributed by atoms with van der Waals surface area (Å²) in [6.07, 6.45) is 0.258. The van der Waals surface area contributed by atoms with Gasteiger partial charge in [-0.15, -0.1) is 0 Å². The maximum absolute atomic E-state index is 12.8. The fraction of sp³-hybridized carbons (Fsp3) is 0.261. The molecule has 1 aliphatic rings. The standard InChI is InChI=1S/C23H21N3O3/c27-21-14-26(23(28)12-20-18-6-2-4-8-22(18)29-25-20)13-16(21)11-17-10-9-15-5-1-3-7-19(15)24-17/h1-10,16,21,27H,11-14H2/t16-,21-/m1/s1. The molecule has 1 fully saturated rings. The zero-order chi connectivity index (χ0) is 19.8. The number of carbonyl (C=O) groups excluding carboxylic acids is 1. The van der Waals surface area contributed by atoms with Crippen LogP contribution in [0.5, 0.6) is 0 Å². The Kier molecular flexibility index (Phi) is 4.48. The Bertz CT molecular complexity index is 1190. The largest absolute Gasteiger partial charge is 0.391 e. The van der Waals surface area contributed by atoms with Crippen molar-refractivity contribution in [1.82, 2.24) is 15.0 Å². The van der Waals surface area contributed by atoms with Crippen molar-refractivity contribution >= 4 is 27.8 Å². The number of likely N-dealkylation sites (tertiary alicyclic amines) is 1. The maximum atomic E-state index is 12.8. The lowest BCUT2D eigenvalue weighted by Gasteiger charge is -2.15. The van der Waals surface area contributed by atoms with Crippen LogP contribution in [-0.2, 0) is 17.6 Å². The molecule has 1 aliphatic heterocycles. The first-order valence-electron chi connectivity index (χ1n) is 9.81. The number of carbonyl (C=O) groups is 1. The molecule has 5 rings (SSSR count). The van der Waals surface area contributed by atoms with Crippen LogP contribution in [0.3, 0.4) is 0 Å². The molecule has 1 N–H and O–H groups in total. The molecule has 2 aromatic carbocycles. The van der Waals surface area contributed by atoms with Gasteiger partial charge >= 0.3 is 0 Å². The van der Waals surface area contributed by atoms with Crippen LogP contribution in [0.2, 0.25) is 0 Å². The Labute approximate surface area is 167 Å². The number of benzene rings is 2. The van der Waals surface area contributed by atoms with Crippen molar-refractivity contribution in [3.8, 4) is 0 Å². The third-order valence-corrected chi connectivity index (χ3v) is 5.66. The minimum atomic E-state index is -0.554. The van der Waals surface area contributed by atoms with Crippen LogP contribution in [0.25, 0.3) is 21.9 Å². The summed E-state index contributed by atoms with van der Waals surface area (Å²) in [4.78, 5) is 19.2. The number of rotatable bonds is 4. The molecular weight excluding hydrogens is 366 g/mol. The van der Waals surface area contributed by atoms with Crippen LogP contribution in [-0.4, -0.2) is 45.2 Å². The van der Waals surface area contributed by atoms with Crippen LogP contribution in [0, 0.1) is 5.92 Å². The number of hydrogen-bond donors (Lipinski definition) is 1. The third-order valence-electron chi connectivity index (χ3n) is 5.66. The van der Waals surface area contributed by atoms with Gasteiger partial charge in [0.25, 0.3) is 0 Å². The number of nitrogens with zero attached hydrogens (tertiary/aromatic N) is 3. The van der Waals surface area contributed by atoms with Crippen LogP contribution < -0.4 is 0 Å². The Morgan fingerprint density at radius 1 is 1.07 bits per heavy atom. The normalized spacial score (nSPS) is 19.3. The molecule has 4 aromatic rings. The van der Waals surface area contributed by atoms with Gasteiger partial charge in [0.2, 0.25) is 5.91 Å². The van der Waals surface area contributed by atoms with Gasteiger partial charge < -0.3 is 14.5 Å². The zero-order valence-electron chi connectivity index (χ0n) is 15.9. The van der Waals surface area contributed by atoms with E-state index in [0.717, 1.165) is 22.0 Å². The predicted molar refractivity (Wildman–Crippen MR) is 109 cm³/mol. The van der Waals surface area contributed by atoms with Gasteiger partial charge in [-0.05, 0) is 30.7 Å². The molecule has 3 heterocycles. The fourth-order valence-corrected chi connectivity index (χ4v) is 4.07. The third kappa shape index (κ3) is 3.47. The van der Waals surface area contributed by atoms with E-state index in [0.29, 0.717) is 30.8 Å². The van der Waals surface area contributed by atoms with E-state index in [1.54, 1.807) is 4.90 Å². The highest BCUT2D eigenvalue weighted by Crippen LogP contribution is 2.24. The lowest BCUT2D eigenvalue weighted by atomic mass is 9.99. The van der Waals surface area contributed by atoms with Crippen molar-refractivity contribution < 1.29 is 14.4 Å². The van der Waals surface area contributed by atoms with Gasteiger partial charge in [0.1, 0.15) is 5.69 Å². The van der Waals surface area contributed by atoms with Crippen molar-refractivity contribution in [2.24, 2.45) is 5.92 Å². The second-order valence-corrected chi connectivity index (χ2v) is 7.63. The molecule has 6 heteroatoms. The second-order valence-electron chi connectivity index (χ2n) is 7.63. The molecule has 0 unspecified atom stereocenters. The second kappa shape index (κ2) is 7.29. The monoisotopic (exact) mass is 387 g/mol. The highest BCUT2D eigenvalue weighted by Gasteiger charge is 2.34. The van der Waals surface area contributed by atoms with E-state index in [4.69, 9.17) is 9.51 Å². The highest BCUT2D eigenvalue weighted by atomic mass is 16.5. The van der Waals surface area contributed by atoms with Gasteiger partial charge in [-0.25, -0.2) is 0 Å². The molecule has 1 amide bonds. The van der Waals surface area contributed by atoms with E-state index in [1.165, 1.54) is 0 Å². The quantitative estimate of drug-likeness (QED) is 0.582. The number of fused-ring (bicyclic) bond motifs is 2. The fourth-order valence-electron chi connectivity index (χ4n) is 4.07. The van der Waals surface area contributed by atoms with Gasteiger partial charge in [0.05, 0.1) is 18.0 Å². The summed E-state index contributed by atoms with van der Waals surface area (Å²) in [5.41, 5.74) is 3.20. The van der Waals surface area contributed by atoms with E-state index in [2.05, 4.69) is 11.2 Å². The summed E-state index contributed by atoms with van der Waals surface area (Å²) in [6.45, 7) is 0.858. The van der Waals surface area contributed by atoms with Crippen LogP contribution >= 0.6 is 0 Å². The lowest BCUT2D eigenvalue weighted by Crippen LogP contribution is -2.31. The van der Waals surface area contributed by atoms with Crippen molar-refractivity contribution in [2.75, 3.05) is 13.1 Å². The SMILES string of the molecule is O=C(Cc1noc2ccccc12)N1C[C@@H](Cc2ccc3ccccc3n2)[C@H](O)C1. The summed E-state index contributed by atoms with van der Waals surface area (Å²) in [7, 11) is 0. The number of hydrogen-bond acceptors (Lipinski definition) is 5. The average Bonchev–Trinajstić information content (AvgIpc) is 3.32. The number of aliphatic hydroxyl groups is 1. The Morgan fingerprint density at radius 2 is 1.90 bits per heavy atom. The smallest absolute Gasteiger partial charge is 0.228 e. The minimum Gasteiger partial charge on any atom is -0.391 e. The first-order valence-corrected chi connectivity index (χ1v) is 9.81. The van der Waals surface area contributed by atoms with Crippen molar-refractivity contribution in [3.63, 3.8) is 0 Å². The number of amides is 1. The number of β-amino-alcohol motifs (C(OH)–C–C–N with tert-alkyl or cyclic N) is 1. The van der Waals surface area contributed by atoms with Crippen LogP contribution in [0.1, 0.15) is 11.4 Å². The molecule has 6 nitrogen and oxygen atoms in total. The molecule has 1 saturated heterocycles. The maximum Gasteiger partial charge on any atom is 0.228 e. The Hall–Kier alpha value is -3.25. The molecule has 0 bridgehead atoms. The molecule has 0 radical (unpaired) electrons. The molecule has 0 aliphatic carbocycles. The molecule has 29 heavy (non-hydrogen) atoms. The van der Waals surface area contributed by atoms with Gasteiger partial charge in [-0.3, -0.25) is 9.78 Å². The average molecular weight is 387 g/mol. The molecule has 2 atom stereocenters. The van der Waals surface area contributed by atoms with E-state index in [-0.39, 0.29) is 18.2 Å². The number of aromatic nitrogens is 2. The summed E-state index contributed by atoms with van der Waals surface area (Å²) >= 11 is 0. The lowest BCUT2D eigenvalue weighted by molar-refractivity contribution is -0.129. The van der Waals surface area contributed by atoms with Crippen LogP contribution in [0.15, 0.2) is 65.2 Å². The summed E-state index contributed by atoms with van der Waals surface area (Å²) < 4.78 is 5.29. The highest BCUT2D eigenvalue weighted by molar-refractivity contribution is 5.86. The molecular formula is C23H21N3O3. The zero-order valence-corrected chi connectivity index (χ0v) is 15.9. The van der Waals surface area contributed by atoms with Gasteiger partial charge in [-0.2, -0.15) is 0 Å². The predicted octanol–water partition coefficient (Wildman–Crippen LogP) is 2.98. The van der Waals surface area contributed by atoms with Crippen molar-refractivity contribution in [3.05, 3.63) is 72.1 Å². The van der Waals surface area contributed by atoms with Crippen LogP contribution in [0.4, 0.5) is 0 Å². The summed E-state index contributed by atoms with van der Waals surface area (Å²) in [5.74, 6) is -0.0706. The molecule has 2 aromatic heterocycles. The number of aliphatic hydroxyl groups excluding tert-OH is 1. The molecule has 146 valence electrons. The summed E-state index contributed by atoms with van der Waals surface area (Å²) in [6, 6.07) is 19.6. The van der Waals surface area contributed by atoms with Gasteiger partial charge in [0, 0.05) is 35.5 Å². The van der Waals surface area contributed by atoms with Gasteiger partial charge in [0.15, 0.2) is 5.58 Å². The minimum absolute atomic E-state index is 0.0262. The van der Waals surface area contributed by atoms with Crippen molar-refractivity contribution in [1.29, 1.82) is 0 Å². The number of para-hydroxylation sites is 2. The molecule has 0 saturated carbocycles. The van der Waals surface area contributed by atoms with Gasteiger partial charge in [-0.1, -0.05) is 41.6 Å². The first-order chi connectivity index (χ1) is 14.2.